The van der Waals surface area contributed by atoms with Crippen LogP contribution in [-0.2, 0) is 4.79 Å². The zero-order chi connectivity index (χ0) is 20.6. The first-order chi connectivity index (χ1) is 14.1. The van der Waals surface area contributed by atoms with Crippen LogP contribution in [0.5, 0.6) is 5.75 Å². The molecular weight excluding hydrogens is 364 g/mol. The number of nitrogens with zero attached hydrogens (tertiary/aromatic N) is 1. The maximum atomic E-state index is 13.1. The van der Waals surface area contributed by atoms with Gasteiger partial charge in [0.25, 0.3) is 5.91 Å². The number of benzene rings is 2. The molecule has 1 N–H and O–H groups in total. The van der Waals surface area contributed by atoms with E-state index in [1.807, 2.05) is 42.2 Å². The van der Waals surface area contributed by atoms with Gasteiger partial charge in [-0.1, -0.05) is 43.2 Å². The first kappa shape index (κ1) is 20.9. The summed E-state index contributed by atoms with van der Waals surface area (Å²) in [5.41, 5.74) is 1.75. The molecule has 0 radical (unpaired) electrons. The molecule has 1 fully saturated rings. The third-order valence-electron chi connectivity index (χ3n) is 5.47. The molecule has 0 saturated carbocycles. The van der Waals surface area contributed by atoms with Gasteiger partial charge in [-0.15, -0.1) is 0 Å². The Hall–Kier alpha value is -2.82. The monoisotopic (exact) mass is 394 g/mol. The fourth-order valence-corrected chi connectivity index (χ4v) is 3.91. The number of nitrogens with one attached hydrogen (secondary N) is 1. The molecule has 29 heavy (non-hydrogen) atoms. The molecule has 1 heterocycles. The summed E-state index contributed by atoms with van der Waals surface area (Å²) in [5, 5.41) is 2.95. The molecule has 1 aliphatic heterocycles. The Morgan fingerprint density at radius 1 is 1.07 bits per heavy atom. The quantitative estimate of drug-likeness (QED) is 0.793. The molecule has 2 aromatic rings. The zero-order valence-electron chi connectivity index (χ0n) is 17.3. The number of hydrogen-bond acceptors (Lipinski definition) is 3. The number of likely N-dealkylation sites (tertiary alicyclic amines) is 1. The summed E-state index contributed by atoms with van der Waals surface area (Å²) in [6.45, 7) is 2.65. The minimum absolute atomic E-state index is 0.0768. The third-order valence-corrected chi connectivity index (χ3v) is 5.47. The van der Waals surface area contributed by atoms with Crippen LogP contribution < -0.4 is 10.1 Å². The smallest absolute Gasteiger partial charge is 0.251 e. The summed E-state index contributed by atoms with van der Waals surface area (Å²) in [7, 11) is 1.65. The highest BCUT2D eigenvalue weighted by atomic mass is 16.5. The fourth-order valence-electron chi connectivity index (χ4n) is 3.91. The topological polar surface area (TPSA) is 58.6 Å². The summed E-state index contributed by atoms with van der Waals surface area (Å²) >= 11 is 0. The second-order valence-electron chi connectivity index (χ2n) is 7.67. The van der Waals surface area contributed by atoms with Gasteiger partial charge in [-0.25, -0.2) is 0 Å². The summed E-state index contributed by atoms with van der Waals surface area (Å²) in [5.74, 6) is 0.763. The van der Waals surface area contributed by atoms with E-state index in [0.29, 0.717) is 12.0 Å². The van der Waals surface area contributed by atoms with Crippen molar-refractivity contribution in [3.8, 4) is 5.75 Å². The van der Waals surface area contributed by atoms with E-state index in [0.717, 1.165) is 43.5 Å². The first-order valence-electron chi connectivity index (χ1n) is 10.4. The summed E-state index contributed by atoms with van der Waals surface area (Å²) in [6, 6.07) is 17.0. The van der Waals surface area contributed by atoms with E-state index < -0.39 is 0 Å². The molecule has 3 rings (SSSR count). The largest absolute Gasteiger partial charge is 0.497 e. The predicted molar refractivity (Wildman–Crippen MR) is 114 cm³/mol. The number of carbonyl (C=O) groups is 2. The highest BCUT2D eigenvalue weighted by molar-refractivity contribution is 5.94. The number of methoxy groups -OCH3 is 1. The number of amides is 2. The second kappa shape index (κ2) is 10.1. The van der Waals surface area contributed by atoms with Crippen LogP contribution in [0.3, 0.4) is 0 Å². The molecule has 0 aromatic heterocycles. The van der Waals surface area contributed by atoms with Crippen molar-refractivity contribution in [2.75, 3.05) is 13.7 Å². The van der Waals surface area contributed by atoms with E-state index in [4.69, 9.17) is 4.74 Å². The Kier molecular flexibility index (Phi) is 7.28. The van der Waals surface area contributed by atoms with E-state index in [-0.39, 0.29) is 23.9 Å². The van der Waals surface area contributed by atoms with E-state index in [9.17, 15) is 9.59 Å². The fraction of sp³-hybridized carbons (Fsp3) is 0.417. The Morgan fingerprint density at radius 3 is 2.48 bits per heavy atom. The average molecular weight is 395 g/mol. The summed E-state index contributed by atoms with van der Waals surface area (Å²) in [6.07, 6.45) is 4.52. The van der Waals surface area contributed by atoms with Crippen molar-refractivity contribution in [1.29, 1.82) is 0 Å². The average Bonchev–Trinajstić information content (AvgIpc) is 3.00. The molecule has 5 nitrogen and oxygen atoms in total. The van der Waals surface area contributed by atoms with Crippen LogP contribution in [0, 0.1) is 0 Å². The first-order valence-corrected chi connectivity index (χ1v) is 10.4. The van der Waals surface area contributed by atoms with Crippen LogP contribution in [0.2, 0.25) is 0 Å². The normalized spacial score (nSPS) is 17.9. The maximum Gasteiger partial charge on any atom is 0.251 e. The van der Waals surface area contributed by atoms with Gasteiger partial charge in [0.15, 0.2) is 0 Å². The van der Waals surface area contributed by atoms with Crippen molar-refractivity contribution >= 4 is 11.8 Å². The van der Waals surface area contributed by atoms with E-state index >= 15 is 0 Å². The Balaban J connectivity index is 1.66. The van der Waals surface area contributed by atoms with E-state index in [2.05, 4.69) is 17.4 Å². The van der Waals surface area contributed by atoms with Crippen LogP contribution in [0.15, 0.2) is 54.6 Å². The van der Waals surface area contributed by atoms with Crippen molar-refractivity contribution in [2.45, 2.75) is 51.1 Å². The Labute approximate surface area is 173 Å². The third kappa shape index (κ3) is 5.59. The van der Waals surface area contributed by atoms with Gasteiger partial charge in [0.1, 0.15) is 5.75 Å². The van der Waals surface area contributed by atoms with Crippen molar-refractivity contribution in [3.63, 3.8) is 0 Å². The van der Waals surface area contributed by atoms with Crippen LogP contribution in [0.25, 0.3) is 0 Å². The maximum absolute atomic E-state index is 13.1. The zero-order valence-corrected chi connectivity index (χ0v) is 17.3. The van der Waals surface area contributed by atoms with Gasteiger partial charge in [0.2, 0.25) is 5.91 Å². The molecule has 1 aliphatic rings. The molecule has 2 aromatic carbocycles. The lowest BCUT2D eigenvalue weighted by atomic mass is 10.00. The predicted octanol–water partition coefficient (Wildman–Crippen LogP) is 4.35. The number of hydrogen-bond donors (Lipinski definition) is 1. The standard InChI is InChI=1S/C24H30N2O3/c1-18(25-24(28)20-9-5-3-6-10-20)17-23(27)26-16-8-4-7-11-22(26)19-12-14-21(29-2)15-13-19/h3,5-6,9-10,12-15,18,22H,4,7-8,11,16-17H2,1-2H3,(H,25,28). The minimum atomic E-state index is -0.227. The lowest BCUT2D eigenvalue weighted by Gasteiger charge is -2.31. The van der Waals surface area contributed by atoms with Gasteiger partial charge >= 0.3 is 0 Å². The minimum Gasteiger partial charge on any atom is -0.497 e. The van der Waals surface area contributed by atoms with Crippen LogP contribution in [0.1, 0.15) is 61.0 Å². The van der Waals surface area contributed by atoms with Crippen molar-refractivity contribution in [3.05, 3.63) is 65.7 Å². The SMILES string of the molecule is COc1ccc(C2CCCCCN2C(=O)CC(C)NC(=O)c2ccccc2)cc1. The molecule has 2 unspecified atom stereocenters. The van der Waals surface area contributed by atoms with Crippen molar-refractivity contribution in [1.82, 2.24) is 10.2 Å². The molecule has 5 heteroatoms. The Morgan fingerprint density at radius 2 is 1.79 bits per heavy atom. The van der Waals surface area contributed by atoms with Crippen LogP contribution in [0.4, 0.5) is 0 Å². The lowest BCUT2D eigenvalue weighted by molar-refractivity contribution is -0.134. The van der Waals surface area contributed by atoms with Gasteiger partial charge < -0.3 is 15.0 Å². The number of carbonyl (C=O) groups excluding carboxylic acids is 2. The van der Waals surface area contributed by atoms with Gasteiger partial charge in [-0.3, -0.25) is 9.59 Å². The molecule has 0 bridgehead atoms. The van der Waals surface area contributed by atoms with Crippen molar-refractivity contribution < 1.29 is 14.3 Å². The lowest BCUT2D eigenvalue weighted by Crippen LogP contribution is -2.40. The molecule has 2 atom stereocenters. The summed E-state index contributed by atoms with van der Waals surface area (Å²) < 4.78 is 5.26. The number of ether oxygens (including phenoxy) is 1. The molecule has 0 spiro atoms. The number of rotatable bonds is 6. The van der Waals surface area contributed by atoms with Crippen LogP contribution >= 0.6 is 0 Å². The van der Waals surface area contributed by atoms with E-state index in [1.165, 1.54) is 0 Å². The van der Waals surface area contributed by atoms with Gasteiger partial charge in [0, 0.05) is 24.6 Å². The van der Waals surface area contributed by atoms with Gasteiger partial charge in [-0.05, 0) is 49.6 Å². The van der Waals surface area contributed by atoms with Crippen LogP contribution in [-0.4, -0.2) is 36.4 Å². The van der Waals surface area contributed by atoms with Crippen molar-refractivity contribution in [2.24, 2.45) is 0 Å². The molecule has 1 saturated heterocycles. The molecule has 0 aliphatic carbocycles. The molecular formula is C24H30N2O3. The highest BCUT2D eigenvalue weighted by Crippen LogP contribution is 2.31. The second-order valence-corrected chi connectivity index (χ2v) is 7.67. The van der Waals surface area contributed by atoms with Gasteiger partial charge in [-0.2, -0.15) is 0 Å². The van der Waals surface area contributed by atoms with E-state index in [1.54, 1.807) is 19.2 Å². The molecule has 2 amide bonds. The van der Waals surface area contributed by atoms with Gasteiger partial charge in [0.05, 0.1) is 13.2 Å². The molecule has 154 valence electrons. The Bertz CT molecular complexity index is 805. The summed E-state index contributed by atoms with van der Waals surface area (Å²) in [4.78, 5) is 27.5. The highest BCUT2D eigenvalue weighted by Gasteiger charge is 2.28.